The van der Waals surface area contributed by atoms with Gasteiger partial charge in [-0.15, -0.1) is 11.3 Å². The highest BCUT2D eigenvalue weighted by Crippen LogP contribution is 2.37. The maximum atomic E-state index is 11.5. The van der Waals surface area contributed by atoms with Crippen molar-refractivity contribution >= 4 is 46.2 Å². The van der Waals surface area contributed by atoms with Crippen LogP contribution < -0.4 is 0 Å². The minimum atomic E-state index is -0.941. The third-order valence-corrected chi connectivity index (χ3v) is 6.71. The number of fused-ring (bicyclic) bond motifs is 3. The van der Waals surface area contributed by atoms with Crippen LogP contribution in [0.1, 0.15) is 51.1 Å². The van der Waals surface area contributed by atoms with E-state index in [0.29, 0.717) is 6.54 Å². The van der Waals surface area contributed by atoms with E-state index < -0.39 is 5.97 Å². The molecule has 1 aliphatic carbocycles. The fraction of sp³-hybridized carbons (Fsp3) is 0.192. The summed E-state index contributed by atoms with van der Waals surface area (Å²) < 4.78 is 2.20. The van der Waals surface area contributed by atoms with Crippen LogP contribution in [0.15, 0.2) is 41.8 Å². The second-order valence-electron chi connectivity index (χ2n) is 8.07. The number of nitrogens with zero attached hydrogens (tertiary/aromatic N) is 3. The molecule has 0 bridgehead atoms. The van der Waals surface area contributed by atoms with E-state index in [4.69, 9.17) is 9.97 Å². The number of rotatable bonds is 4. The SMILES string of the molecule is CCc1nc2c(C)cc(C)nc2n1Cc1ccc2c(c1)C=Cc1sccc1/C2=C\C(=O)O. The number of pyridine rings is 1. The van der Waals surface area contributed by atoms with Crippen molar-refractivity contribution < 1.29 is 9.90 Å². The Morgan fingerprint density at radius 3 is 2.75 bits per heavy atom. The normalized spacial score (nSPS) is 13.9. The molecule has 0 amide bonds. The number of hydrogen-bond donors (Lipinski definition) is 1. The number of thiophene rings is 1. The smallest absolute Gasteiger partial charge is 0.328 e. The van der Waals surface area contributed by atoms with E-state index in [9.17, 15) is 9.90 Å². The zero-order chi connectivity index (χ0) is 22.4. The molecule has 1 aromatic carbocycles. The van der Waals surface area contributed by atoms with Crippen molar-refractivity contribution in [2.24, 2.45) is 0 Å². The van der Waals surface area contributed by atoms with Gasteiger partial charge < -0.3 is 9.67 Å². The van der Waals surface area contributed by atoms with E-state index in [1.165, 1.54) is 6.08 Å². The number of carboxylic acid groups (broad SMARTS) is 1. The minimum Gasteiger partial charge on any atom is -0.478 e. The highest BCUT2D eigenvalue weighted by molar-refractivity contribution is 7.11. The molecule has 1 aliphatic rings. The van der Waals surface area contributed by atoms with Crippen LogP contribution in [0.5, 0.6) is 0 Å². The zero-order valence-corrected chi connectivity index (χ0v) is 19.0. The van der Waals surface area contributed by atoms with Gasteiger partial charge in [0.1, 0.15) is 11.3 Å². The van der Waals surface area contributed by atoms with Crippen molar-refractivity contribution in [1.82, 2.24) is 14.5 Å². The molecule has 0 fully saturated rings. The van der Waals surface area contributed by atoms with Gasteiger partial charge in [-0.05, 0) is 71.3 Å². The molecule has 0 spiro atoms. The molecular formula is C26H23N3O2S. The number of imidazole rings is 1. The van der Waals surface area contributed by atoms with E-state index in [1.54, 1.807) is 11.3 Å². The van der Waals surface area contributed by atoms with E-state index in [1.807, 2.05) is 24.4 Å². The van der Waals surface area contributed by atoms with Gasteiger partial charge in [0, 0.05) is 28.6 Å². The van der Waals surface area contributed by atoms with Crippen LogP contribution >= 0.6 is 11.3 Å². The number of benzene rings is 1. The monoisotopic (exact) mass is 441 g/mol. The number of carbonyl (C=O) groups is 1. The maximum absolute atomic E-state index is 11.5. The summed E-state index contributed by atoms with van der Waals surface area (Å²) in [5.74, 6) is 0.0729. The molecule has 5 rings (SSSR count). The van der Waals surface area contributed by atoms with Crippen molar-refractivity contribution in [2.75, 3.05) is 0 Å². The van der Waals surface area contributed by atoms with Gasteiger partial charge >= 0.3 is 5.97 Å². The molecule has 0 atom stereocenters. The van der Waals surface area contributed by atoms with Crippen LogP contribution in [0.25, 0.3) is 28.9 Å². The Balaban J connectivity index is 1.62. The third kappa shape index (κ3) is 3.46. The van der Waals surface area contributed by atoms with E-state index in [2.05, 4.69) is 48.8 Å². The molecule has 0 saturated heterocycles. The Morgan fingerprint density at radius 2 is 1.97 bits per heavy atom. The zero-order valence-electron chi connectivity index (χ0n) is 18.2. The lowest BCUT2D eigenvalue weighted by atomic mass is 9.94. The summed E-state index contributed by atoms with van der Waals surface area (Å²) in [4.78, 5) is 22.2. The minimum absolute atomic E-state index is 0.663. The predicted octanol–water partition coefficient (Wildman–Crippen LogP) is 5.72. The Kier molecular flexibility index (Phi) is 5.02. The number of aliphatic carboxylic acids is 1. The van der Waals surface area contributed by atoms with Gasteiger partial charge in [-0.25, -0.2) is 14.8 Å². The van der Waals surface area contributed by atoms with Crippen LogP contribution in [-0.2, 0) is 17.8 Å². The van der Waals surface area contributed by atoms with Gasteiger partial charge in [0.05, 0.1) is 6.54 Å². The van der Waals surface area contributed by atoms with Gasteiger partial charge in [-0.2, -0.15) is 0 Å². The molecule has 0 unspecified atom stereocenters. The van der Waals surface area contributed by atoms with Crippen molar-refractivity contribution in [1.29, 1.82) is 0 Å². The molecule has 160 valence electrons. The average Bonchev–Trinajstić information content (AvgIpc) is 3.32. The molecule has 1 N–H and O–H groups in total. The average molecular weight is 442 g/mol. The highest BCUT2D eigenvalue weighted by Gasteiger charge is 2.19. The number of hydrogen-bond acceptors (Lipinski definition) is 4. The first-order valence-corrected chi connectivity index (χ1v) is 11.5. The van der Waals surface area contributed by atoms with Gasteiger partial charge in [0.15, 0.2) is 5.65 Å². The largest absolute Gasteiger partial charge is 0.478 e. The second-order valence-corrected chi connectivity index (χ2v) is 9.02. The molecule has 6 heteroatoms. The molecule has 0 aliphatic heterocycles. The second kappa shape index (κ2) is 7.88. The van der Waals surface area contributed by atoms with Crippen LogP contribution in [0.4, 0.5) is 0 Å². The van der Waals surface area contributed by atoms with Crippen molar-refractivity contribution in [3.63, 3.8) is 0 Å². The topological polar surface area (TPSA) is 68.0 Å². The van der Waals surface area contributed by atoms with Crippen LogP contribution in [-0.4, -0.2) is 25.6 Å². The van der Waals surface area contributed by atoms with Crippen molar-refractivity contribution in [3.05, 3.63) is 86.0 Å². The number of aromatic nitrogens is 3. The van der Waals surface area contributed by atoms with Gasteiger partial charge in [-0.3, -0.25) is 0 Å². The van der Waals surface area contributed by atoms with Gasteiger partial charge in [0.25, 0.3) is 0 Å². The van der Waals surface area contributed by atoms with E-state index in [-0.39, 0.29) is 0 Å². The first-order chi connectivity index (χ1) is 15.4. The van der Waals surface area contributed by atoms with E-state index >= 15 is 0 Å². The van der Waals surface area contributed by atoms with Crippen LogP contribution in [0.2, 0.25) is 0 Å². The lowest BCUT2D eigenvalue weighted by Gasteiger charge is -2.13. The molecule has 3 aromatic heterocycles. The Morgan fingerprint density at radius 1 is 1.12 bits per heavy atom. The molecule has 32 heavy (non-hydrogen) atoms. The molecule has 5 nitrogen and oxygen atoms in total. The summed E-state index contributed by atoms with van der Waals surface area (Å²) in [6, 6.07) is 10.3. The molecule has 4 aromatic rings. The Hall–Kier alpha value is -3.51. The maximum Gasteiger partial charge on any atom is 0.328 e. The molecule has 3 heterocycles. The molecular weight excluding hydrogens is 418 g/mol. The summed E-state index contributed by atoms with van der Waals surface area (Å²) in [6.45, 7) is 6.87. The molecule has 0 radical (unpaired) electrons. The summed E-state index contributed by atoms with van der Waals surface area (Å²) >= 11 is 1.62. The van der Waals surface area contributed by atoms with Crippen LogP contribution in [0, 0.1) is 13.8 Å². The first kappa shape index (κ1) is 20.4. The highest BCUT2D eigenvalue weighted by atomic mass is 32.1. The van der Waals surface area contributed by atoms with Crippen molar-refractivity contribution in [2.45, 2.75) is 33.7 Å². The standard InChI is InChI=1S/C26H23N3O2S/c1-4-23-28-25-15(2)11-16(3)27-26(25)29(23)14-17-5-7-19-18(12-17)6-8-22-20(9-10-32-22)21(19)13-24(30)31/h5-13H,4,14H2,1-3H3,(H,30,31)/b21-13-. The van der Waals surface area contributed by atoms with Gasteiger partial charge in [-0.1, -0.05) is 25.1 Å². The first-order valence-electron chi connectivity index (χ1n) is 10.6. The lowest BCUT2D eigenvalue weighted by Crippen LogP contribution is -2.06. The summed E-state index contributed by atoms with van der Waals surface area (Å²) in [6.07, 6.45) is 6.29. The fourth-order valence-electron chi connectivity index (χ4n) is 4.42. The summed E-state index contributed by atoms with van der Waals surface area (Å²) in [5.41, 5.74) is 8.78. The van der Waals surface area contributed by atoms with Crippen LogP contribution in [0.3, 0.4) is 0 Å². The lowest BCUT2D eigenvalue weighted by molar-refractivity contribution is -0.131. The van der Waals surface area contributed by atoms with Gasteiger partial charge in [0.2, 0.25) is 0 Å². The number of carboxylic acids is 1. The van der Waals surface area contributed by atoms with E-state index in [0.717, 1.165) is 67.4 Å². The summed E-state index contributed by atoms with van der Waals surface area (Å²) in [5, 5.41) is 11.5. The predicted molar refractivity (Wildman–Crippen MR) is 130 cm³/mol. The Labute approximate surface area is 190 Å². The fourth-order valence-corrected chi connectivity index (χ4v) is 5.23. The Bertz CT molecular complexity index is 1440. The summed E-state index contributed by atoms with van der Waals surface area (Å²) in [7, 11) is 0. The van der Waals surface area contributed by atoms with Crippen molar-refractivity contribution in [3.8, 4) is 0 Å². The quantitative estimate of drug-likeness (QED) is 0.362. The number of aryl methyl sites for hydroxylation is 3. The molecule has 0 saturated carbocycles. The third-order valence-electron chi connectivity index (χ3n) is 5.83.